The van der Waals surface area contributed by atoms with Crippen molar-refractivity contribution in [2.24, 2.45) is 5.92 Å². The molecule has 1 saturated heterocycles. The van der Waals surface area contributed by atoms with Crippen molar-refractivity contribution in [1.82, 2.24) is 15.1 Å². The molecule has 0 radical (unpaired) electrons. The summed E-state index contributed by atoms with van der Waals surface area (Å²) in [7, 11) is 2.19. The van der Waals surface area contributed by atoms with Crippen molar-refractivity contribution in [3.05, 3.63) is 60.2 Å². The molecule has 3 aromatic rings. The zero-order chi connectivity index (χ0) is 19.5. The number of anilines is 1. The Morgan fingerprint density at radius 1 is 0.893 bits per heavy atom. The summed E-state index contributed by atoms with van der Waals surface area (Å²) in [4.78, 5) is 4.84. The zero-order valence-corrected chi connectivity index (χ0v) is 17.2. The van der Waals surface area contributed by atoms with Crippen LogP contribution in [0.4, 0.5) is 5.69 Å². The van der Waals surface area contributed by atoms with Crippen LogP contribution < -0.4 is 4.90 Å². The van der Waals surface area contributed by atoms with E-state index in [0.29, 0.717) is 5.92 Å². The van der Waals surface area contributed by atoms with E-state index in [-0.39, 0.29) is 0 Å². The minimum atomic E-state index is 0.679. The molecule has 0 aliphatic carbocycles. The van der Waals surface area contributed by atoms with Crippen molar-refractivity contribution in [1.29, 1.82) is 0 Å². The number of aromatic amines is 1. The number of nitrogens with one attached hydrogen (secondary N) is 1. The molecule has 4 nitrogen and oxygen atoms in total. The first-order chi connectivity index (χ1) is 13.6. The van der Waals surface area contributed by atoms with Gasteiger partial charge in [0.15, 0.2) is 0 Å². The normalized spacial score (nSPS) is 15.4. The van der Waals surface area contributed by atoms with Gasteiger partial charge in [-0.1, -0.05) is 50.2 Å². The van der Waals surface area contributed by atoms with Gasteiger partial charge in [0.1, 0.15) is 0 Å². The molecule has 0 amide bonds. The number of likely N-dealkylation sites (N-methyl/N-ethyl adjacent to an activating group) is 1. The number of rotatable bonds is 5. The van der Waals surface area contributed by atoms with E-state index in [9.17, 15) is 0 Å². The van der Waals surface area contributed by atoms with Crippen LogP contribution >= 0.6 is 0 Å². The second-order valence-corrected chi connectivity index (χ2v) is 8.30. The second kappa shape index (κ2) is 8.19. The van der Waals surface area contributed by atoms with Crippen LogP contribution in [0.5, 0.6) is 0 Å². The third kappa shape index (κ3) is 4.28. The molecule has 0 spiro atoms. The lowest BCUT2D eigenvalue weighted by molar-refractivity contribution is 0.313. The van der Waals surface area contributed by atoms with Gasteiger partial charge in [-0.25, -0.2) is 0 Å². The van der Waals surface area contributed by atoms with Gasteiger partial charge >= 0.3 is 0 Å². The first-order valence-electron chi connectivity index (χ1n) is 10.3. The Balaban J connectivity index is 1.46. The van der Waals surface area contributed by atoms with Crippen molar-refractivity contribution < 1.29 is 0 Å². The molecule has 0 unspecified atom stereocenters. The van der Waals surface area contributed by atoms with E-state index in [4.69, 9.17) is 0 Å². The fourth-order valence-corrected chi connectivity index (χ4v) is 3.82. The molecule has 1 aromatic heterocycles. The van der Waals surface area contributed by atoms with E-state index in [2.05, 4.69) is 95.5 Å². The molecular formula is C24H30N4. The van der Waals surface area contributed by atoms with Crippen LogP contribution in [0.15, 0.2) is 54.6 Å². The Kier molecular flexibility index (Phi) is 5.49. The molecule has 0 bridgehead atoms. The Morgan fingerprint density at radius 2 is 1.54 bits per heavy atom. The average molecular weight is 375 g/mol. The van der Waals surface area contributed by atoms with Crippen LogP contribution in [-0.2, 0) is 6.42 Å². The summed E-state index contributed by atoms with van der Waals surface area (Å²) >= 11 is 0. The molecule has 1 N–H and O–H groups in total. The SMILES string of the molecule is CC(C)Cc1ccc(-c2cc(-c3ccc(N4CCN(C)CC4)cc3)n[nH]2)cc1. The highest BCUT2D eigenvalue weighted by Gasteiger charge is 2.14. The molecule has 2 aromatic carbocycles. The highest BCUT2D eigenvalue weighted by molar-refractivity contribution is 5.69. The molecule has 4 heteroatoms. The topological polar surface area (TPSA) is 35.2 Å². The highest BCUT2D eigenvalue weighted by atomic mass is 15.2. The summed E-state index contributed by atoms with van der Waals surface area (Å²) in [6, 6.07) is 19.8. The van der Waals surface area contributed by atoms with Crippen LogP contribution in [-0.4, -0.2) is 48.3 Å². The maximum atomic E-state index is 4.54. The smallest absolute Gasteiger partial charge is 0.0927 e. The Bertz CT molecular complexity index is 885. The van der Waals surface area contributed by atoms with Crippen LogP contribution in [0.2, 0.25) is 0 Å². The molecule has 0 atom stereocenters. The summed E-state index contributed by atoms with van der Waals surface area (Å²) in [5, 5.41) is 7.74. The predicted octanol–water partition coefficient (Wildman–Crippen LogP) is 4.69. The Labute approximate surface area is 168 Å². The van der Waals surface area contributed by atoms with Crippen molar-refractivity contribution in [2.45, 2.75) is 20.3 Å². The maximum Gasteiger partial charge on any atom is 0.0927 e. The van der Waals surface area contributed by atoms with Gasteiger partial charge in [-0.05, 0) is 48.7 Å². The number of hydrogen-bond donors (Lipinski definition) is 1. The number of benzene rings is 2. The van der Waals surface area contributed by atoms with E-state index >= 15 is 0 Å². The van der Waals surface area contributed by atoms with Crippen LogP contribution in [0.3, 0.4) is 0 Å². The quantitative estimate of drug-likeness (QED) is 0.703. The lowest BCUT2D eigenvalue weighted by Gasteiger charge is -2.34. The summed E-state index contributed by atoms with van der Waals surface area (Å²) in [6.07, 6.45) is 1.12. The Morgan fingerprint density at radius 3 is 2.18 bits per heavy atom. The van der Waals surface area contributed by atoms with E-state index in [0.717, 1.165) is 49.6 Å². The summed E-state index contributed by atoms with van der Waals surface area (Å²) < 4.78 is 0. The molecule has 28 heavy (non-hydrogen) atoms. The van der Waals surface area contributed by atoms with Crippen molar-refractivity contribution >= 4 is 5.69 Å². The number of H-pyrrole nitrogens is 1. The Hall–Kier alpha value is -2.59. The van der Waals surface area contributed by atoms with Crippen LogP contribution in [0.25, 0.3) is 22.5 Å². The fraction of sp³-hybridized carbons (Fsp3) is 0.375. The van der Waals surface area contributed by atoms with Gasteiger partial charge in [-0.2, -0.15) is 5.10 Å². The number of hydrogen-bond acceptors (Lipinski definition) is 3. The monoisotopic (exact) mass is 374 g/mol. The molecule has 2 heterocycles. The standard InChI is InChI=1S/C24H30N4/c1-18(2)16-19-4-6-20(7-5-19)23-17-24(26-25-23)21-8-10-22(11-9-21)28-14-12-27(3)13-15-28/h4-11,17-18H,12-16H2,1-3H3,(H,25,26). The van der Waals surface area contributed by atoms with Gasteiger partial charge in [-0.15, -0.1) is 0 Å². The van der Waals surface area contributed by atoms with Gasteiger partial charge in [0.05, 0.1) is 11.4 Å². The van der Waals surface area contributed by atoms with Crippen LogP contribution in [0, 0.1) is 5.92 Å². The van der Waals surface area contributed by atoms with E-state index in [1.165, 1.54) is 16.8 Å². The zero-order valence-electron chi connectivity index (χ0n) is 17.2. The molecule has 4 rings (SSSR count). The number of piperazine rings is 1. The predicted molar refractivity (Wildman–Crippen MR) is 118 cm³/mol. The number of nitrogens with zero attached hydrogens (tertiary/aromatic N) is 3. The average Bonchev–Trinajstić information content (AvgIpc) is 3.19. The van der Waals surface area contributed by atoms with E-state index in [1.54, 1.807) is 0 Å². The third-order valence-electron chi connectivity index (χ3n) is 5.52. The molecule has 1 aliphatic rings. The van der Waals surface area contributed by atoms with E-state index < -0.39 is 0 Å². The second-order valence-electron chi connectivity index (χ2n) is 8.30. The highest BCUT2D eigenvalue weighted by Crippen LogP contribution is 2.26. The lowest BCUT2D eigenvalue weighted by atomic mass is 10.0. The third-order valence-corrected chi connectivity index (χ3v) is 5.52. The molecular weight excluding hydrogens is 344 g/mol. The molecule has 0 saturated carbocycles. The van der Waals surface area contributed by atoms with E-state index in [1.807, 2.05) is 0 Å². The van der Waals surface area contributed by atoms with Gasteiger partial charge in [-0.3, -0.25) is 5.10 Å². The first-order valence-corrected chi connectivity index (χ1v) is 10.3. The number of aromatic nitrogens is 2. The minimum Gasteiger partial charge on any atom is -0.369 e. The van der Waals surface area contributed by atoms with Crippen molar-refractivity contribution in [3.63, 3.8) is 0 Å². The molecule has 146 valence electrons. The fourth-order valence-electron chi connectivity index (χ4n) is 3.82. The van der Waals surface area contributed by atoms with Gasteiger partial charge in [0.2, 0.25) is 0 Å². The van der Waals surface area contributed by atoms with Crippen molar-refractivity contribution in [3.8, 4) is 22.5 Å². The largest absolute Gasteiger partial charge is 0.369 e. The summed E-state index contributed by atoms with van der Waals surface area (Å²) in [6.45, 7) is 8.94. The minimum absolute atomic E-state index is 0.679. The summed E-state index contributed by atoms with van der Waals surface area (Å²) in [5.74, 6) is 0.679. The van der Waals surface area contributed by atoms with Crippen molar-refractivity contribution in [2.75, 3.05) is 38.1 Å². The van der Waals surface area contributed by atoms with Gasteiger partial charge < -0.3 is 9.80 Å². The van der Waals surface area contributed by atoms with Gasteiger partial charge in [0.25, 0.3) is 0 Å². The lowest BCUT2D eigenvalue weighted by Crippen LogP contribution is -2.44. The summed E-state index contributed by atoms with van der Waals surface area (Å²) in [5.41, 5.74) is 7.07. The molecule has 1 aliphatic heterocycles. The van der Waals surface area contributed by atoms with Crippen LogP contribution in [0.1, 0.15) is 19.4 Å². The first kappa shape index (κ1) is 18.8. The maximum absolute atomic E-state index is 4.54. The molecule has 1 fully saturated rings. The van der Waals surface area contributed by atoms with Gasteiger partial charge in [0, 0.05) is 37.4 Å².